The van der Waals surface area contributed by atoms with Crippen molar-refractivity contribution in [2.24, 2.45) is 0 Å². The smallest absolute Gasteiger partial charge is 0.339 e. The molecule has 3 aromatic rings. The van der Waals surface area contributed by atoms with Crippen molar-refractivity contribution in [1.82, 2.24) is 29.3 Å². The van der Waals surface area contributed by atoms with Crippen LogP contribution in [0.25, 0.3) is 5.65 Å². The van der Waals surface area contributed by atoms with Gasteiger partial charge in [0.1, 0.15) is 5.82 Å². The Morgan fingerprint density at radius 2 is 1.96 bits per heavy atom. The Hall–Kier alpha value is -2.91. The second-order valence-electron chi connectivity index (χ2n) is 6.91. The number of hydrogen-bond acceptors (Lipinski definition) is 4. The minimum absolute atomic E-state index is 0.205. The summed E-state index contributed by atoms with van der Waals surface area (Å²) in [5.41, 5.74) is 1.11. The van der Waals surface area contributed by atoms with E-state index in [2.05, 4.69) is 15.3 Å². The van der Waals surface area contributed by atoms with Crippen LogP contribution >= 0.6 is 0 Å². The van der Waals surface area contributed by atoms with E-state index in [9.17, 15) is 18.0 Å². The number of nitrogens with zero attached hydrogens (tertiary/aromatic N) is 6. The third-order valence-corrected chi connectivity index (χ3v) is 4.99. The molecule has 0 saturated carbocycles. The molecule has 7 nitrogen and oxygen atoms in total. The van der Waals surface area contributed by atoms with Gasteiger partial charge in [-0.1, -0.05) is 6.07 Å². The van der Waals surface area contributed by atoms with E-state index in [1.807, 2.05) is 28.8 Å². The van der Waals surface area contributed by atoms with Crippen molar-refractivity contribution in [3.8, 4) is 0 Å². The normalized spacial score (nSPS) is 16.0. The van der Waals surface area contributed by atoms with Crippen molar-refractivity contribution in [2.75, 3.05) is 13.1 Å². The van der Waals surface area contributed by atoms with Gasteiger partial charge in [0.2, 0.25) is 0 Å². The highest BCUT2D eigenvalue weighted by molar-refractivity contribution is 5.93. The van der Waals surface area contributed by atoms with Gasteiger partial charge in [-0.15, -0.1) is 10.2 Å². The molecule has 3 aromatic heterocycles. The minimum atomic E-state index is -4.25. The van der Waals surface area contributed by atoms with Crippen LogP contribution in [0.15, 0.2) is 36.8 Å². The highest BCUT2D eigenvalue weighted by Crippen LogP contribution is 2.28. The molecule has 148 valence electrons. The van der Waals surface area contributed by atoms with Gasteiger partial charge in [-0.25, -0.2) is 0 Å². The van der Waals surface area contributed by atoms with Crippen LogP contribution in [-0.4, -0.2) is 54.5 Å². The van der Waals surface area contributed by atoms with Crippen LogP contribution in [0.1, 0.15) is 41.4 Å². The molecule has 1 saturated heterocycles. The van der Waals surface area contributed by atoms with Gasteiger partial charge in [0.15, 0.2) is 5.65 Å². The van der Waals surface area contributed by atoms with E-state index < -0.39 is 12.6 Å². The predicted molar refractivity (Wildman–Crippen MR) is 93.8 cm³/mol. The van der Waals surface area contributed by atoms with Crippen LogP contribution in [0.2, 0.25) is 0 Å². The number of aryl methyl sites for hydroxylation is 1. The van der Waals surface area contributed by atoms with Crippen LogP contribution < -0.4 is 0 Å². The van der Waals surface area contributed by atoms with Crippen LogP contribution in [-0.2, 0) is 6.54 Å². The molecule has 0 atom stereocenters. The van der Waals surface area contributed by atoms with Gasteiger partial charge in [0, 0.05) is 37.9 Å². The second kappa shape index (κ2) is 7.25. The molecule has 0 spiro atoms. The van der Waals surface area contributed by atoms with E-state index in [1.165, 1.54) is 12.4 Å². The van der Waals surface area contributed by atoms with E-state index in [1.54, 1.807) is 4.90 Å². The number of amides is 1. The third kappa shape index (κ3) is 3.85. The zero-order valence-corrected chi connectivity index (χ0v) is 15.0. The lowest BCUT2D eigenvalue weighted by molar-refractivity contribution is -0.137. The van der Waals surface area contributed by atoms with Crippen molar-refractivity contribution in [3.05, 3.63) is 48.2 Å². The average Bonchev–Trinajstić information content (AvgIpc) is 3.33. The molecule has 10 heteroatoms. The SMILES string of the molecule is O=C(c1cnn(CCC(F)(F)F)c1)N1CCC(c2nnc3ccccn23)CC1. The first-order chi connectivity index (χ1) is 13.4. The van der Waals surface area contributed by atoms with Gasteiger partial charge < -0.3 is 4.90 Å². The van der Waals surface area contributed by atoms with Crippen molar-refractivity contribution in [1.29, 1.82) is 0 Å². The topological polar surface area (TPSA) is 68.3 Å². The zero-order chi connectivity index (χ0) is 19.7. The van der Waals surface area contributed by atoms with Crippen LogP contribution in [0.4, 0.5) is 13.2 Å². The molecular weight excluding hydrogens is 373 g/mol. The maximum atomic E-state index is 12.6. The predicted octanol–water partition coefficient (Wildman–Crippen LogP) is 2.90. The summed E-state index contributed by atoms with van der Waals surface area (Å²) in [6, 6.07) is 5.73. The fraction of sp³-hybridized carbons (Fsp3) is 0.444. The molecule has 28 heavy (non-hydrogen) atoms. The van der Waals surface area contributed by atoms with Gasteiger partial charge in [0.25, 0.3) is 5.91 Å². The molecule has 1 aliphatic rings. The van der Waals surface area contributed by atoms with Crippen LogP contribution in [0.3, 0.4) is 0 Å². The molecule has 1 fully saturated rings. The lowest BCUT2D eigenvalue weighted by Gasteiger charge is -2.31. The highest BCUT2D eigenvalue weighted by Gasteiger charge is 2.29. The first-order valence-corrected chi connectivity index (χ1v) is 9.09. The van der Waals surface area contributed by atoms with Gasteiger partial charge in [-0.05, 0) is 25.0 Å². The maximum Gasteiger partial charge on any atom is 0.390 e. The van der Waals surface area contributed by atoms with E-state index in [0.29, 0.717) is 18.7 Å². The van der Waals surface area contributed by atoms with Crippen molar-refractivity contribution >= 4 is 11.6 Å². The van der Waals surface area contributed by atoms with Crippen LogP contribution in [0.5, 0.6) is 0 Å². The van der Waals surface area contributed by atoms with Crippen LogP contribution in [0, 0.1) is 0 Å². The number of hydrogen-bond donors (Lipinski definition) is 0. The Kier molecular flexibility index (Phi) is 4.78. The number of halogens is 3. The zero-order valence-electron chi connectivity index (χ0n) is 15.0. The summed E-state index contributed by atoms with van der Waals surface area (Å²) >= 11 is 0. The summed E-state index contributed by atoms with van der Waals surface area (Å²) in [5.74, 6) is 0.890. The standard InChI is InChI=1S/C18H19F3N6O/c19-18(20,21)6-10-26-12-14(11-22-26)17(28)25-8-4-13(5-9-25)16-24-23-15-3-1-2-7-27(15)16/h1-3,7,11-13H,4-6,8-10H2. The molecule has 4 rings (SSSR count). The number of alkyl halides is 3. The molecule has 0 aliphatic carbocycles. The number of pyridine rings is 1. The molecule has 4 heterocycles. The molecule has 1 amide bonds. The summed E-state index contributed by atoms with van der Waals surface area (Å²) in [4.78, 5) is 14.4. The number of likely N-dealkylation sites (tertiary alicyclic amines) is 1. The lowest BCUT2D eigenvalue weighted by atomic mass is 9.95. The molecule has 0 N–H and O–H groups in total. The second-order valence-corrected chi connectivity index (χ2v) is 6.91. The van der Waals surface area contributed by atoms with E-state index >= 15 is 0 Å². The van der Waals surface area contributed by atoms with Gasteiger partial charge >= 0.3 is 6.18 Å². The Morgan fingerprint density at radius 3 is 2.71 bits per heavy atom. The summed E-state index contributed by atoms with van der Waals surface area (Å²) in [6.45, 7) is 0.816. The lowest BCUT2D eigenvalue weighted by Crippen LogP contribution is -2.38. The molecule has 0 radical (unpaired) electrons. The highest BCUT2D eigenvalue weighted by atomic mass is 19.4. The number of aromatic nitrogens is 5. The quantitative estimate of drug-likeness (QED) is 0.685. The molecular formula is C18H19F3N6O. The fourth-order valence-corrected chi connectivity index (χ4v) is 3.50. The average molecular weight is 392 g/mol. The van der Waals surface area contributed by atoms with E-state index in [-0.39, 0.29) is 18.4 Å². The van der Waals surface area contributed by atoms with Crippen molar-refractivity contribution in [2.45, 2.75) is 37.9 Å². The number of rotatable bonds is 4. The molecule has 0 unspecified atom stereocenters. The van der Waals surface area contributed by atoms with E-state index in [4.69, 9.17) is 0 Å². The third-order valence-electron chi connectivity index (χ3n) is 4.99. The summed E-state index contributed by atoms with van der Waals surface area (Å²) in [6.07, 6.45) is 0.928. The molecule has 1 aliphatic heterocycles. The fourth-order valence-electron chi connectivity index (χ4n) is 3.50. The largest absolute Gasteiger partial charge is 0.390 e. The Morgan fingerprint density at radius 1 is 1.18 bits per heavy atom. The summed E-state index contributed by atoms with van der Waals surface area (Å²) in [5, 5.41) is 12.3. The monoisotopic (exact) mass is 392 g/mol. The first kappa shape index (κ1) is 18.5. The number of carbonyl (C=O) groups excluding carboxylic acids is 1. The van der Waals surface area contributed by atoms with Gasteiger partial charge in [-0.3, -0.25) is 13.9 Å². The summed E-state index contributed by atoms with van der Waals surface area (Å²) < 4.78 is 40.1. The number of piperidine rings is 1. The number of carbonyl (C=O) groups is 1. The van der Waals surface area contributed by atoms with E-state index in [0.717, 1.165) is 29.0 Å². The van der Waals surface area contributed by atoms with Crippen molar-refractivity contribution < 1.29 is 18.0 Å². The van der Waals surface area contributed by atoms with Gasteiger partial charge in [0.05, 0.1) is 18.2 Å². The molecule has 0 bridgehead atoms. The molecule has 0 aromatic carbocycles. The Balaban J connectivity index is 1.37. The van der Waals surface area contributed by atoms with Gasteiger partial charge in [-0.2, -0.15) is 18.3 Å². The maximum absolute atomic E-state index is 12.6. The Labute approximate surface area is 158 Å². The van der Waals surface area contributed by atoms with Crippen molar-refractivity contribution in [3.63, 3.8) is 0 Å². The minimum Gasteiger partial charge on any atom is -0.339 e. The Bertz CT molecular complexity index is 971. The number of fused-ring (bicyclic) bond motifs is 1. The first-order valence-electron chi connectivity index (χ1n) is 9.09. The summed E-state index contributed by atoms with van der Waals surface area (Å²) in [7, 11) is 0.